The van der Waals surface area contributed by atoms with Crippen molar-refractivity contribution in [3.63, 3.8) is 0 Å². The van der Waals surface area contributed by atoms with Crippen LogP contribution in [-0.4, -0.2) is 33.9 Å². The van der Waals surface area contributed by atoms with Crippen LogP contribution in [0.15, 0.2) is 64.2 Å². The summed E-state index contributed by atoms with van der Waals surface area (Å²) in [6.07, 6.45) is 0. The summed E-state index contributed by atoms with van der Waals surface area (Å²) in [6, 6.07) is 16.2. The summed E-state index contributed by atoms with van der Waals surface area (Å²) >= 11 is 0. The Bertz CT molecular complexity index is 1150. The largest absolute Gasteiger partial charge is 0.497 e. The number of fused-ring (bicyclic) bond motifs is 1. The quantitative estimate of drug-likeness (QED) is 0.654. The highest BCUT2D eigenvalue weighted by atomic mass is 16.5. The maximum atomic E-state index is 12.5. The van der Waals surface area contributed by atoms with Crippen molar-refractivity contribution in [1.82, 2.24) is 14.3 Å². The highest BCUT2D eigenvalue weighted by Crippen LogP contribution is 2.27. The van der Waals surface area contributed by atoms with Crippen LogP contribution in [0.3, 0.4) is 0 Å². The first-order valence-corrected chi connectivity index (χ1v) is 9.05. The molecule has 0 saturated carbocycles. The molecule has 29 heavy (non-hydrogen) atoms. The number of hydrogen-bond acceptors (Lipinski definition) is 6. The fraction of sp³-hybridized carbons (Fsp3) is 0.200. The Morgan fingerprint density at radius 3 is 2.45 bits per heavy atom. The van der Waals surface area contributed by atoms with Gasteiger partial charge in [0.1, 0.15) is 12.3 Å². The molecule has 1 amide bonds. The Morgan fingerprint density at radius 1 is 1.03 bits per heavy atom. The molecule has 0 aliphatic carbocycles. The summed E-state index contributed by atoms with van der Waals surface area (Å²) in [6.45, 7) is 0.487. The smallest absolute Gasteiger partial charge is 0.333 e. The number of amides is 1. The van der Waals surface area contributed by atoms with E-state index in [0.29, 0.717) is 30.5 Å². The van der Waals surface area contributed by atoms with Gasteiger partial charge < -0.3 is 15.0 Å². The Labute approximate surface area is 165 Å². The van der Waals surface area contributed by atoms with Gasteiger partial charge >= 0.3 is 11.1 Å². The Hall–Kier alpha value is -3.88. The first kappa shape index (κ1) is 18.5. The number of rotatable bonds is 5. The van der Waals surface area contributed by atoms with Crippen molar-refractivity contribution < 1.29 is 9.53 Å². The zero-order valence-electron chi connectivity index (χ0n) is 15.7. The van der Waals surface area contributed by atoms with Gasteiger partial charge in [0.05, 0.1) is 7.11 Å². The number of hydrogen-bond donors (Lipinski definition) is 1. The molecule has 1 N–H and O–H groups in total. The molecule has 148 valence electrons. The molecule has 4 rings (SSSR count). The van der Waals surface area contributed by atoms with Crippen molar-refractivity contribution in [2.24, 2.45) is 0 Å². The summed E-state index contributed by atoms with van der Waals surface area (Å²) in [4.78, 5) is 39.1. The third-order valence-electron chi connectivity index (χ3n) is 4.64. The summed E-state index contributed by atoms with van der Waals surface area (Å²) in [7, 11) is 1.58. The zero-order chi connectivity index (χ0) is 20.4. The second-order valence-corrected chi connectivity index (χ2v) is 6.48. The van der Waals surface area contributed by atoms with Gasteiger partial charge in [-0.1, -0.05) is 18.2 Å². The number of para-hydroxylation sites is 1. The molecule has 0 spiro atoms. The molecule has 2 heterocycles. The lowest BCUT2D eigenvalue weighted by Gasteiger charge is -2.18. The summed E-state index contributed by atoms with van der Waals surface area (Å²) < 4.78 is 7.41. The first-order chi connectivity index (χ1) is 14.1. The SMILES string of the molecule is COc1ccc(N2CCn3c2nn(CC(=O)Nc2ccccc2)c(=O)c3=O)cc1. The van der Waals surface area contributed by atoms with Crippen LogP contribution in [0.25, 0.3) is 0 Å². The van der Waals surface area contributed by atoms with E-state index in [0.717, 1.165) is 10.4 Å². The molecule has 1 aromatic heterocycles. The van der Waals surface area contributed by atoms with Crippen molar-refractivity contribution in [2.75, 3.05) is 23.9 Å². The van der Waals surface area contributed by atoms with Gasteiger partial charge in [-0.15, -0.1) is 5.10 Å². The van der Waals surface area contributed by atoms with Crippen LogP contribution in [0, 0.1) is 0 Å². The molecule has 1 aliphatic rings. The Kier molecular flexibility index (Phi) is 4.86. The van der Waals surface area contributed by atoms with E-state index < -0.39 is 17.0 Å². The molecule has 3 aromatic rings. The average Bonchev–Trinajstić information content (AvgIpc) is 3.16. The van der Waals surface area contributed by atoms with Gasteiger partial charge in [0.15, 0.2) is 0 Å². The van der Waals surface area contributed by atoms with E-state index in [9.17, 15) is 14.4 Å². The van der Waals surface area contributed by atoms with Gasteiger partial charge in [0.2, 0.25) is 11.9 Å². The van der Waals surface area contributed by atoms with Crippen LogP contribution in [0.5, 0.6) is 5.75 Å². The van der Waals surface area contributed by atoms with Crippen molar-refractivity contribution in [3.05, 3.63) is 75.3 Å². The minimum absolute atomic E-state index is 0.326. The predicted octanol–water partition coefficient (Wildman–Crippen LogP) is 1.20. The van der Waals surface area contributed by atoms with E-state index in [2.05, 4.69) is 10.4 Å². The van der Waals surface area contributed by atoms with E-state index in [1.54, 1.807) is 43.5 Å². The lowest BCUT2D eigenvalue weighted by Crippen LogP contribution is -2.44. The van der Waals surface area contributed by atoms with Crippen LogP contribution < -0.4 is 26.1 Å². The minimum Gasteiger partial charge on any atom is -0.497 e. The molecule has 9 heteroatoms. The number of ether oxygens (including phenoxy) is 1. The summed E-state index contributed by atoms with van der Waals surface area (Å²) in [5.41, 5.74) is -0.113. The fourth-order valence-electron chi connectivity index (χ4n) is 3.20. The zero-order valence-corrected chi connectivity index (χ0v) is 15.7. The first-order valence-electron chi connectivity index (χ1n) is 9.05. The van der Waals surface area contributed by atoms with E-state index in [1.165, 1.54) is 4.57 Å². The second kappa shape index (κ2) is 7.63. The van der Waals surface area contributed by atoms with Crippen molar-refractivity contribution in [2.45, 2.75) is 13.1 Å². The third kappa shape index (κ3) is 3.62. The maximum absolute atomic E-state index is 12.5. The van der Waals surface area contributed by atoms with Crippen molar-refractivity contribution >= 4 is 23.2 Å². The normalized spacial score (nSPS) is 12.5. The number of anilines is 3. The molecule has 9 nitrogen and oxygen atoms in total. The lowest BCUT2D eigenvalue weighted by molar-refractivity contribution is -0.117. The van der Waals surface area contributed by atoms with Gasteiger partial charge in [-0.3, -0.25) is 19.0 Å². The molecule has 0 saturated heterocycles. The number of carbonyl (C=O) groups is 1. The summed E-state index contributed by atoms with van der Waals surface area (Å²) in [5, 5.41) is 6.98. The molecule has 0 atom stereocenters. The lowest BCUT2D eigenvalue weighted by atomic mass is 10.3. The van der Waals surface area contributed by atoms with Crippen LogP contribution in [0.4, 0.5) is 17.3 Å². The Morgan fingerprint density at radius 2 is 1.76 bits per heavy atom. The standard InChI is InChI=1S/C20H19N5O4/c1-29-16-9-7-15(8-10-16)23-11-12-24-18(27)19(28)25(22-20(23)24)13-17(26)21-14-5-3-2-4-6-14/h2-10H,11-13H2,1H3,(H,21,26). The number of nitrogens with zero attached hydrogens (tertiary/aromatic N) is 4. The highest BCUT2D eigenvalue weighted by molar-refractivity contribution is 5.90. The fourth-order valence-corrected chi connectivity index (χ4v) is 3.20. The minimum atomic E-state index is -0.825. The second-order valence-electron chi connectivity index (χ2n) is 6.48. The Balaban J connectivity index is 1.63. The van der Waals surface area contributed by atoms with Gasteiger partial charge in [0, 0.05) is 24.5 Å². The molecule has 2 aromatic carbocycles. The molecule has 1 aliphatic heterocycles. The van der Waals surface area contributed by atoms with Gasteiger partial charge in [-0.2, -0.15) is 0 Å². The number of nitrogens with one attached hydrogen (secondary N) is 1. The van der Waals surface area contributed by atoms with Crippen LogP contribution in [0.1, 0.15) is 0 Å². The van der Waals surface area contributed by atoms with Crippen LogP contribution in [-0.2, 0) is 17.9 Å². The van der Waals surface area contributed by atoms with Crippen LogP contribution in [0.2, 0.25) is 0 Å². The highest BCUT2D eigenvalue weighted by Gasteiger charge is 2.26. The molecule has 0 unspecified atom stereocenters. The van der Waals surface area contributed by atoms with E-state index in [4.69, 9.17) is 4.74 Å². The van der Waals surface area contributed by atoms with Gasteiger partial charge in [0.25, 0.3) is 0 Å². The number of benzene rings is 2. The predicted molar refractivity (Wildman–Crippen MR) is 108 cm³/mol. The molecule has 0 fully saturated rings. The van der Waals surface area contributed by atoms with E-state index >= 15 is 0 Å². The monoisotopic (exact) mass is 393 g/mol. The van der Waals surface area contributed by atoms with Gasteiger partial charge in [-0.05, 0) is 36.4 Å². The molecule has 0 bridgehead atoms. The molecular formula is C20H19N5O4. The summed E-state index contributed by atoms with van der Waals surface area (Å²) in [5.74, 6) is 0.595. The van der Waals surface area contributed by atoms with E-state index in [-0.39, 0.29) is 6.54 Å². The maximum Gasteiger partial charge on any atom is 0.333 e. The van der Waals surface area contributed by atoms with Crippen molar-refractivity contribution in [1.29, 1.82) is 0 Å². The average molecular weight is 393 g/mol. The number of aromatic nitrogens is 3. The van der Waals surface area contributed by atoms with E-state index in [1.807, 2.05) is 23.1 Å². The van der Waals surface area contributed by atoms with Crippen molar-refractivity contribution in [3.8, 4) is 5.75 Å². The third-order valence-corrected chi connectivity index (χ3v) is 4.64. The topological polar surface area (TPSA) is 98.5 Å². The molecular weight excluding hydrogens is 374 g/mol. The number of methoxy groups -OCH3 is 1. The number of carbonyl (C=O) groups excluding carboxylic acids is 1. The molecule has 0 radical (unpaired) electrons. The van der Waals surface area contributed by atoms with Crippen LogP contribution >= 0.6 is 0 Å². The van der Waals surface area contributed by atoms with Gasteiger partial charge in [-0.25, -0.2) is 4.68 Å².